The molecule has 2 atom stereocenters. The summed E-state index contributed by atoms with van der Waals surface area (Å²) in [5.41, 5.74) is 1.91. The van der Waals surface area contributed by atoms with Gasteiger partial charge in [0.1, 0.15) is 5.82 Å². The Kier molecular flexibility index (Phi) is 4.63. The first-order valence-corrected chi connectivity index (χ1v) is 8.84. The normalized spacial score (nSPS) is 20.9. The predicted molar refractivity (Wildman–Crippen MR) is 97.0 cm³/mol. The molecule has 1 saturated heterocycles. The number of benzene rings is 1. The first-order valence-electron chi connectivity index (χ1n) is 8.84. The highest BCUT2D eigenvalue weighted by Crippen LogP contribution is 2.27. The Balaban J connectivity index is 1.70. The van der Waals surface area contributed by atoms with E-state index in [4.69, 9.17) is 4.98 Å². The van der Waals surface area contributed by atoms with Crippen molar-refractivity contribution in [1.82, 2.24) is 20.2 Å². The van der Waals surface area contributed by atoms with Gasteiger partial charge in [-0.25, -0.2) is 4.98 Å². The standard InChI is InChI=1S/C19H28N4O/c1-13(18(24)22-19(2,3)4)23-11-7-8-14(12-23)17-20-15-9-5-6-10-16(15)21-17/h5-6,9-10,13-14H,7-8,11-12H2,1-4H3,(H,20,21)(H,22,24)/t13-,14-/m1/s1. The zero-order valence-electron chi connectivity index (χ0n) is 15.1. The number of nitrogens with one attached hydrogen (secondary N) is 2. The van der Waals surface area contributed by atoms with Crippen LogP contribution < -0.4 is 5.32 Å². The molecule has 24 heavy (non-hydrogen) atoms. The lowest BCUT2D eigenvalue weighted by molar-refractivity contribution is -0.127. The van der Waals surface area contributed by atoms with E-state index < -0.39 is 0 Å². The summed E-state index contributed by atoms with van der Waals surface area (Å²) < 4.78 is 0. The molecule has 0 radical (unpaired) electrons. The number of aromatic amines is 1. The number of H-pyrrole nitrogens is 1. The van der Waals surface area contributed by atoms with Crippen molar-refractivity contribution in [2.24, 2.45) is 0 Å². The molecule has 1 amide bonds. The molecule has 3 rings (SSSR count). The van der Waals surface area contributed by atoms with Gasteiger partial charge in [0.2, 0.25) is 5.91 Å². The van der Waals surface area contributed by atoms with Gasteiger partial charge in [-0.3, -0.25) is 9.69 Å². The highest BCUT2D eigenvalue weighted by atomic mass is 16.2. The van der Waals surface area contributed by atoms with E-state index in [1.54, 1.807) is 0 Å². The third kappa shape index (κ3) is 3.78. The van der Waals surface area contributed by atoms with Gasteiger partial charge in [0, 0.05) is 18.0 Å². The van der Waals surface area contributed by atoms with E-state index >= 15 is 0 Å². The number of rotatable bonds is 3. The van der Waals surface area contributed by atoms with Crippen molar-refractivity contribution in [3.63, 3.8) is 0 Å². The van der Waals surface area contributed by atoms with Gasteiger partial charge >= 0.3 is 0 Å². The zero-order chi connectivity index (χ0) is 17.3. The third-order valence-electron chi connectivity index (χ3n) is 4.67. The number of imidazole rings is 1. The molecular weight excluding hydrogens is 300 g/mol. The second-order valence-corrected chi connectivity index (χ2v) is 7.89. The van der Waals surface area contributed by atoms with Crippen molar-refractivity contribution in [2.75, 3.05) is 13.1 Å². The van der Waals surface area contributed by atoms with E-state index in [9.17, 15) is 4.79 Å². The fourth-order valence-electron chi connectivity index (χ4n) is 3.39. The van der Waals surface area contributed by atoms with Crippen LogP contribution in [0.3, 0.4) is 0 Å². The van der Waals surface area contributed by atoms with Crippen molar-refractivity contribution >= 4 is 16.9 Å². The minimum Gasteiger partial charge on any atom is -0.350 e. The lowest BCUT2D eigenvalue weighted by atomic mass is 9.96. The van der Waals surface area contributed by atoms with Crippen LogP contribution in [0.25, 0.3) is 11.0 Å². The maximum absolute atomic E-state index is 12.5. The number of carbonyl (C=O) groups excluding carboxylic acids is 1. The Morgan fingerprint density at radius 1 is 1.38 bits per heavy atom. The number of hydrogen-bond acceptors (Lipinski definition) is 3. The second kappa shape index (κ2) is 6.55. The fourth-order valence-corrected chi connectivity index (χ4v) is 3.39. The number of likely N-dealkylation sites (tertiary alicyclic amines) is 1. The minimum absolute atomic E-state index is 0.104. The van der Waals surface area contributed by atoms with Crippen LogP contribution in [0, 0.1) is 0 Å². The Morgan fingerprint density at radius 3 is 2.83 bits per heavy atom. The fraction of sp³-hybridized carbons (Fsp3) is 0.579. The summed E-state index contributed by atoms with van der Waals surface area (Å²) in [6.07, 6.45) is 2.21. The molecule has 1 aromatic heterocycles. The van der Waals surface area contributed by atoms with Gasteiger partial charge in [-0.15, -0.1) is 0 Å². The zero-order valence-corrected chi connectivity index (χ0v) is 15.1. The summed E-state index contributed by atoms with van der Waals surface area (Å²) >= 11 is 0. The molecule has 5 heteroatoms. The average molecular weight is 328 g/mol. The Labute approximate surface area is 143 Å². The minimum atomic E-state index is -0.195. The van der Waals surface area contributed by atoms with E-state index in [1.807, 2.05) is 45.9 Å². The van der Waals surface area contributed by atoms with Gasteiger partial charge in [-0.05, 0) is 59.2 Å². The van der Waals surface area contributed by atoms with E-state index in [0.717, 1.165) is 42.8 Å². The van der Waals surface area contributed by atoms with E-state index in [0.29, 0.717) is 5.92 Å². The van der Waals surface area contributed by atoms with Crippen LogP contribution in [-0.4, -0.2) is 45.4 Å². The largest absolute Gasteiger partial charge is 0.350 e. The number of carbonyl (C=O) groups is 1. The van der Waals surface area contributed by atoms with Gasteiger partial charge in [0.25, 0.3) is 0 Å². The van der Waals surface area contributed by atoms with Gasteiger partial charge in [0.05, 0.1) is 17.1 Å². The number of nitrogens with zero attached hydrogens (tertiary/aromatic N) is 2. The SMILES string of the molecule is C[C@H](C(=O)NC(C)(C)C)N1CCC[C@@H](c2nc3ccccc3[nH]2)C1. The smallest absolute Gasteiger partial charge is 0.237 e. The number of aromatic nitrogens is 2. The number of fused-ring (bicyclic) bond motifs is 1. The van der Waals surface area contributed by atoms with Crippen LogP contribution in [0.5, 0.6) is 0 Å². The molecule has 1 aliphatic heterocycles. The molecule has 1 aromatic carbocycles. The highest BCUT2D eigenvalue weighted by Gasteiger charge is 2.30. The van der Waals surface area contributed by atoms with Crippen LogP contribution in [0.15, 0.2) is 24.3 Å². The summed E-state index contributed by atoms with van der Waals surface area (Å²) in [6.45, 7) is 9.90. The molecule has 0 spiro atoms. The first-order chi connectivity index (χ1) is 11.3. The van der Waals surface area contributed by atoms with E-state index in [2.05, 4.69) is 21.3 Å². The van der Waals surface area contributed by atoms with Crippen molar-refractivity contribution in [3.05, 3.63) is 30.1 Å². The predicted octanol–water partition coefficient (Wildman–Crippen LogP) is 3.05. The van der Waals surface area contributed by atoms with Crippen LogP contribution in [0.4, 0.5) is 0 Å². The lowest BCUT2D eigenvalue weighted by Gasteiger charge is -2.36. The Bertz CT molecular complexity index is 682. The third-order valence-corrected chi connectivity index (χ3v) is 4.67. The maximum Gasteiger partial charge on any atom is 0.237 e. The van der Waals surface area contributed by atoms with Crippen LogP contribution in [0.2, 0.25) is 0 Å². The Hall–Kier alpha value is -1.88. The number of piperidine rings is 1. The maximum atomic E-state index is 12.5. The van der Waals surface area contributed by atoms with Gasteiger partial charge < -0.3 is 10.3 Å². The highest BCUT2D eigenvalue weighted by molar-refractivity contribution is 5.82. The summed E-state index contributed by atoms with van der Waals surface area (Å²) in [6, 6.07) is 8.02. The van der Waals surface area contributed by atoms with E-state index in [-0.39, 0.29) is 17.5 Å². The van der Waals surface area contributed by atoms with Crippen molar-refractivity contribution < 1.29 is 4.79 Å². The summed E-state index contributed by atoms with van der Waals surface area (Å²) in [5, 5.41) is 3.09. The molecule has 2 N–H and O–H groups in total. The first kappa shape index (κ1) is 17.0. The van der Waals surface area contributed by atoms with Gasteiger partial charge in [-0.1, -0.05) is 12.1 Å². The number of amides is 1. The Morgan fingerprint density at radius 2 is 2.12 bits per heavy atom. The quantitative estimate of drug-likeness (QED) is 0.910. The molecular formula is C19H28N4O. The molecule has 130 valence electrons. The van der Waals surface area contributed by atoms with Crippen LogP contribution in [0.1, 0.15) is 52.3 Å². The molecule has 1 aliphatic rings. The lowest BCUT2D eigenvalue weighted by Crippen LogP contribution is -2.52. The average Bonchev–Trinajstić information content (AvgIpc) is 2.96. The van der Waals surface area contributed by atoms with Crippen molar-refractivity contribution in [1.29, 1.82) is 0 Å². The van der Waals surface area contributed by atoms with Crippen LogP contribution in [-0.2, 0) is 4.79 Å². The molecule has 2 heterocycles. The number of hydrogen-bond donors (Lipinski definition) is 2. The molecule has 0 aliphatic carbocycles. The van der Waals surface area contributed by atoms with E-state index in [1.165, 1.54) is 0 Å². The summed E-state index contributed by atoms with van der Waals surface area (Å²) in [4.78, 5) is 23.0. The topological polar surface area (TPSA) is 61.0 Å². The molecule has 2 aromatic rings. The van der Waals surface area contributed by atoms with Crippen molar-refractivity contribution in [2.45, 2.75) is 58.0 Å². The molecule has 0 saturated carbocycles. The molecule has 1 fully saturated rings. The number of para-hydroxylation sites is 2. The second-order valence-electron chi connectivity index (χ2n) is 7.89. The van der Waals surface area contributed by atoms with Gasteiger partial charge in [-0.2, -0.15) is 0 Å². The molecule has 0 bridgehead atoms. The molecule has 5 nitrogen and oxygen atoms in total. The monoisotopic (exact) mass is 328 g/mol. The molecule has 0 unspecified atom stereocenters. The van der Waals surface area contributed by atoms with Crippen LogP contribution >= 0.6 is 0 Å². The summed E-state index contributed by atoms with van der Waals surface area (Å²) in [7, 11) is 0. The van der Waals surface area contributed by atoms with Gasteiger partial charge in [0.15, 0.2) is 0 Å². The van der Waals surface area contributed by atoms with Crippen molar-refractivity contribution in [3.8, 4) is 0 Å². The summed E-state index contributed by atoms with van der Waals surface area (Å²) in [5.74, 6) is 1.51.